The predicted octanol–water partition coefficient (Wildman–Crippen LogP) is 2.82. The molecule has 0 heterocycles. The molecule has 5 heteroatoms. The molecule has 0 unspecified atom stereocenters. The Morgan fingerprint density at radius 2 is 1.60 bits per heavy atom. The summed E-state index contributed by atoms with van der Waals surface area (Å²) in [7, 11) is 0. The molecule has 0 saturated heterocycles. The molecule has 0 amide bonds. The second-order valence-corrected chi connectivity index (χ2v) is 2.89. The summed E-state index contributed by atoms with van der Waals surface area (Å²) >= 11 is 0. The summed E-state index contributed by atoms with van der Waals surface area (Å²) in [6.45, 7) is 2.10. The maximum Gasteiger partial charge on any atom is 0.165 e. The van der Waals surface area contributed by atoms with Gasteiger partial charge in [-0.2, -0.15) is 0 Å². The van der Waals surface area contributed by atoms with Crippen LogP contribution >= 0.6 is 0 Å². The molecule has 0 radical (unpaired) electrons. The van der Waals surface area contributed by atoms with E-state index in [0.29, 0.717) is 6.61 Å². The van der Waals surface area contributed by atoms with Crippen LogP contribution in [0.4, 0.5) is 17.6 Å². The van der Waals surface area contributed by atoms with Crippen molar-refractivity contribution < 1.29 is 22.3 Å². The van der Waals surface area contributed by atoms with Crippen molar-refractivity contribution in [3.05, 3.63) is 34.9 Å². The molecule has 1 aromatic rings. The third kappa shape index (κ3) is 2.68. The molecule has 0 bridgehead atoms. The molecule has 0 aromatic heterocycles. The number of benzene rings is 1. The van der Waals surface area contributed by atoms with Gasteiger partial charge in [0.1, 0.15) is 0 Å². The van der Waals surface area contributed by atoms with Crippen molar-refractivity contribution in [2.45, 2.75) is 13.3 Å². The molecule has 0 saturated carbocycles. The van der Waals surface area contributed by atoms with Gasteiger partial charge in [0, 0.05) is 24.7 Å². The van der Waals surface area contributed by atoms with E-state index in [2.05, 4.69) is 0 Å². The second kappa shape index (κ2) is 5.11. The maximum absolute atomic E-state index is 13.0. The van der Waals surface area contributed by atoms with Crippen LogP contribution in [0.2, 0.25) is 0 Å². The first kappa shape index (κ1) is 12.0. The van der Waals surface area contributed by atoms with Gasteiger partial charge in [-0.25, -0.2) is 17.6 Å². The van der Waals surface area contributed by atoms with Crippen molar-refractivity contribution in [2.75, 3.05) is 13.2 Å². The van der Waals surface area contributed by atoms with Crippen molar-refractivity contribution >= 4 is 0 Å². The minimum absolute atomic E-state index is 0.0211. The van der Waals surface area contributed by atoms with Gasteiger partial charge in [-0.05, 0) is 6.92 Å². The van der Waals surface area contributed by atoms with Crippen LogP contribution in [0.25, 0.3) is 0 Å². The van der Waals surface area contributed by atoms with Gasteiger partial charge in [0.05, 0.1) is 6.61 Å². The van der Waals surface area contributed by atoms with Crippen molar-refractivity contribution in [1.82, 2.24) is 0 Å². The molecule has 0 spiro atoms. The molecule has 0 fully saturated rings. The molecule has 15 heavy (non-hydrogen) atoms. The summed E-state index contributed by atoms with van der Waals surface area (Å²) < 4.78 is 56.3. The van der Waals surface area contributed by atoms with Crippen LogP contribution in [0.1, 0.15) is 12.5 Å². The van der Waals surface area contributed by atoms with E-state index in [1.807, 2.05) is 0 Å². The zero-order valence-corrected chi connectivity index (χ0v) is 8.12. The van der Waals surface area contributed by atoms with Crippen LogP contribution in [-0.2, 0) is 11.2 Å². The van der Waals surface area contributed by atoms with Gasteiger partial charge >= 0.3 is 0 Å². The van der Waals surface area contributed by atoms with E-state index in [9.17, 15) is 17.6 Å². The summed E-state index contributed by atoms with van der Waals surface area (Å²) in [6, 6.07) is 0.189. The Morgan fingerprint density at radius 3 is 2.07 bits per heavy atom. The van der Waals surface area contributed by atoms with Crippen LogP contribution in [-0.4, -0.2) is 13.2 Å². The van der Waals surface area contributed by atoms with Gasteiger partial charge in [-0.3, -0.25) is 0 Å². The highest BCUT2D eigenvalue weighted by atomic mass is 19.2. The molecule has 0 aliphatic carbocycles. The summed E-state index contributed by atoms with van der Waals surface area (Å²) in [5.74, 6) is -5.48. The van der Waals surface area contributed by atoms with Crippen molar-refractivity contribution in [3.63, 3.8) is 0 Å². The third-order valence-electron chi connectivity index (χ3n) is 1.90. The van der Waals surface area contributed by atoms with Gasteiger partial charge < -0.3 is 4.74 Å². The van der Waals surface area contributed by atoms with E-state index in [4.69, 9.17) is 4.74 Å². The quantitative estimate of drug-likeness (QED) is 0.432. The lowest BCUT2D eigenvalue weighted by molar-refractivity contribution is 0.149. The monoisotopic (exact) mass is 222 g/mol. The molecule has 0 aliphatic heterocycles. The Labute approximate surface area is 84.7 Å². The number of halogens is 4. The van der Waals surface area contributed by atoms with Crippen molar-refractivity contribution in [1.29, 1.82) is 0 Å². The maximum atomic E-state index is 13.0. The highest BCUT2D eigenvalue weighted by Crippen LogP contribution is 2.19. The van der Waals surface area contributed by atoms with Crippen LogP contribution in [0.15, 0.2) is 6.07 Å². The Hall–Kier alpha value is -1.10. The third-order valence-corrected chi connectivity index (χ3v) is 1.90. The van der Waals surface area contributed by atoms with Crippen LogP contribution in [0.5, 0.6) is 0 Å². The summed E-state index contributed by atoms with van der Waals surface area (Å²) in [5.41, 5.74) is -0.610. The van der Waals surface area contributed by atoms with E-state index < -0.39 is 28.8 Å². The zero-order chi connectivity index (χ0) is 11.4. The molecule has 0 aliphatic rings. The van der Waals surface area contributed by atoms with Gasteiger partial charge in [0.25, 0.3) is 0 Å². The molecule has 84 valence electrons. The topological polar surface area (TPSA) is 9.23 Å². The lowest BCUT2D eigenvalue weighted by Crippen LogP contribution is -2.06. The fourth-order valence-electron chi connectivity index (χ4n) is 1.16. The highest BCUT2D eigenvalue weighted by Gasteiger charge is 2.18. The van der Waals surface area contributed by atoms with E-state index in [1.165, 1.54) is 0 Å². The number of rotatable bonds is 4. The molecule has 0 N–H and O–H groups in total. The van der Waals surface area contributed by atoms with E-state index in [1.54, 1.807) is 6.92 Å². The molecule has 1 rings (SSSR count). The lowest BCUT2D eigenvalue weighted by Gasteiger charge is -2.06. The molecular weight excluding hydrogens is 212 g/mol. The SMILES string of the molecule is CCOCCc1c(F)c(F)cc(F)c1F. The molecular formula is C10H10F4O. The standard InChI is InChI=1S/C10H10F4O/c1-2-15-4-3-6-9(13)7(11)5-8(12)10(6)14/h5H,2-4H2,1H3. The number of ether oxygens (including phenoxy) is 1. The smallest absolute Gasteiger partial charge is 0.165 e. The minimum atomic E-state index is -1.39. The van der Waals surface area contributed by atoms with E-state index >= 15 is 0 Å². The van der Waals surface area contributed by atoms with Crippen molar-refractivity contribution in [3.8, 4) is 0 Å². The summed E-state index contributed by atoms with van der Waals surface area (Å²) in [5, 5.41) is 0. The molecule has 1 aromatic carbocycles. The van der Waals surface area contributed by atoms with Crippen LogP contribution < -0.4 is 0 Å². The first-order chi connectivity index (χ1) is 7.07. The fraction of sp³-hybridized carbons (Fsp3) is 0.400. The predicted molar refractivity (Wildman–Crippen MR) is 46.5 cm³/mol. The second-order valence-electron chi connectivity index (χ2n) is 2.89. The number of hydrogen-bond donors (Lipinski definition) is 0. The van der Waals surface area contributed by atoms with Crippen LogP contribution in [0, 0.1) is 23.3 Å². The lowest BCUT2D eigenvalue weighted by atomic mass is 10.1. The average Bonchev–Trinajstić information content (AvgIpc) is 2.20. The first-order valence-electron chi connectivity index (χ1n) is 4.47. The largest absolute Gasteiger partial charge is 0.381 e. The Morgan fingerprint density at radius 1 is 1.07 bits per heavy atom. The zero-order valence-electron chi connectivity index (χ0n) is 8.12. The van der Waals surface area contributed by atoms with Crippen molar-refractivity contribution in [2.24, 2.45) is 0 Å². The van der Waals surface area contributed by atoms with Gasteiger partial charge in [-0.15, -0.1) is 0 Å². The van der Waals surface area contributed by atoms with Gasteiger partial charge in [0.15, 0.2) is 23.3 Å². The van der Waals surface area contributed by atoms with E-state index in [-0.39, 0.29) is 19.1 Å². The van der Waals surface area contributed by atoms with Gasteiger partial charge in [-0.1, -0.05) is 0 Å². The first-order valence-corrected chi connectivity index (χ1v) is 4.47. The van der Waals surface area contributed by atoms with Gasteiger partial charge in [0.2, 0.25) is 0 Å². The Kier molecular flexibility index (Phi) is 4.08. The Bertz CT molecular complexity index is 326. The molecule has 0 atom stereocenters. The Balaban J connectivity index is 2.94. The summed E-state index contributed by atoms with van der Waals surface area (Å²) in [6.07, 6.45) is -0.194. The number of hydrogen-bond acceptors (Lipinski definition) is 1. The highest BCUT2D eigenvalue weighted by molar-refractivity contribution is 5.22. The normalized spacial score (nSPS) is 10.7. The van der Waals surface area contributed by atoms with Crippen LogP contribution in [0.3, 0.4) is 0 Å². The van der Waals surface area contributed by atoms with E-state index in [0.717, 1.165) is 0 Å². The fourth-order valence-corrected chi connectivity index (χ4v) is 1.16. The molecule has 1 nitrogen and oxygen atoms in total. The summed E-state index contributed by atoms with van der Waals surface area (Å²) in [4.78, 5) is 0. The minimum Gasteiger partial charge on any atom is -0.381 e. The average molecular weight is 222 g/mol.